The molecule has 0 saturated carbocycles. The predicted octanol–water partition coefficient (Wildman–Crippen LogP) is 5.42. The summed E-state index contributed by atoms with van der Waals surface area (Å²) in [4.78, 5) is 18.3. The maximum atomic E-state index is 4.75. The quantitative estimate of drug-likeness (QED) is 0.392. The second kappa shape index (κ2) is 7.96. The molecule has 1 N–H and O–H groups in total. The fourth-order valence-electron chi connectivity index (χ4n) is 3.12. The van der Waals surface area contributed by atoms with Gasteiger partial charge < -0.3 is 0 Å². The van der Waals surface area contributed by atoms with Gasteiger partial charge in [0.25, 0.3) is 0 Å². The largest absolute Gasteiger partial charge is 0.274 e. The summed E-state index contributed by atoms with van der Waals surface area (Å²) in [5, 5.41) is 7.58. The molecule has 0 atom stereocenters. The first-order valence-corrected chi connectivity index (χ1v) is 10.1. The Morgan fingerprint density at radius 2 is 1.10 bits per heavy atom. The molecule has 0 radical (unpaired) electrons. The number of aromatic amines is 1. The van der Waals surface area contributed by atoms with Crippen molar-refractivity contribution in [3.8, 4) is 45.6 Å². The molecule has 5 heterocycles. The lowest BCUT2D eigenvalue weighted by Gasteiger charge is -2.04. The maximum Gasteiger partial charge on any atom is 0.125 e. The van der Waals surface area contributed by atoms with Gasteiger partial charge in [0.1, 0.15) is 5.69 Å². The first-order chi connectivity index (χ1) is 14.8. The Morgan fingerprint density at radius 3 is 1.70 bits per heavy atom. The van der Waals surface area contributed by atoms with Gasteiger partial charge in [-0.1, -0.05) is 24.3 Å². The van der Waals surface area contributed by atoms with Gasteiger partial charge >= 0.3 is 0 Å². The smallest absolute Gasteiger partial charge is 0.125 e. The van der Waals surface area contributed by atoms with Crippen LogP contribution in [0.1, 0.15) is 0 Å². The van der Waals surface area contributed by atoms with Crippen LogP contribution in [0.15, 0.2) is 89.7 Å². The summed E-state index contributed by atoms with van der Waals surface area (Å²) in [6.45, 7) is 0. The first-order valence-electron chi connectivity index (χ1n) is 9.31. The molecule has 0 aliphatic carbocycles. The lowest BCUT2D eigenvalue weighted by Crippen LogP contribution is -1.91. The van der Waals surface area contributed by atoms with Crippen LogP contribution in [-0.2, 0) is 0 Å². The van der Waals surface area contributed by atoms with E-state index < -0.39 is 0 Å². The summed E-state index contributed by atoms with van der Waals surface area (Å²) in [6.07, 6.45) is 3.51. The van der Waals surface area contributed by atoms with Crippen LogP contribution in [0.2, 0.25) is 0 Å². The van der Waals surface area contributed by atoms with Crippen LogP contribution in [0.4, 0.5) is 0 Å². The summed E-state index contributed by atoms with van der Waals surface area (Å²) < 4.78 is 0.804. The number of hydrogen-bond acceptors (Lipinski definition) is 5. The molecule has 0 unspecified atom stereocenters. The molecule has 7 heteroatoms. The fraction of sp³-hybridized carbons (Fsp3) is 0. The molecule has 0 spiro atoms. The topological polar surface area (TPSA) is 80.2 Å². The van der Waals surface area contributed by atoms with E-state index in [4.69, 9.17) is 9.97 Å². The number of aromatic nitrogens is 6. The molecule has 5 aromatic rings. The number of pyridine rings is 4. The highest BCUT2D eigenvalue weighted by molar-refractivity contribution is 9.10. The van der Waals surface area contributed by atoms with Gasteiger partial charge in [-0.25, -0.2) is 9.97 Å². The number of nitrogens with one attached hydrogen (secondary N) is 1. The van der Waals surface area contributed by atoms with Crippen LogP contribution >= 0.6 is 15.9 Å². The van der Waals surface area contributed by atoms with E-state index in [1.54, 1.807) is 12.4 Å². The number of rotatable bonds is 4. The van der Waals surface area contributed by atoms with Gasteiger partial charge in [-0.15, -0.1) is 0 Å². The molecule has 6 nitrogen and oxygen atoms in total. The molecule has 0 saturated heterocycles. The molecule has 0 aliphatic rings. The Balaban J connectivity index is 1.53. The number of H-pyrrole nitrogens is 1. The average Bonchev–Trinajstić information content (AvgIpc) is 3.22. The van der Waals surface area contributed by atoms with Crippen LogP contribution < -0.4 is 0 Å². The first kappa shape index (κ1) is 18.3. The third-order valence-corrected chi connectivity index (χ3v) is 5.33. The lowest BCUT2D eigenvalue weighted by molar-refractivity contribution is 1.08. The maximum absolute atomic E-state index is 4.75. The van der Waals surface area contributed by atoms with Gasteiger partial charge in [-0.05, 0) is 64.5 Å². The molecule has 0 aromatic carbocycles. The SMILES string of the molecule is Brc1c(-c2cccc(-c3ccccn3)n2)n[nH]c1-c1cccc(-c2ccccn2)n1. The van der Waals surface area contributed by atoms with Crippen LogP contribution in [0.25, 0.3) is 45.6 Å². The minimum atomic E-state index is 0.716. The normalized spacial score (nSPS) is 10.8. The highest BCUT2D eigenvalue weighted by Crippen LogP contribution is 2.34. The van der Waals surface area contributed by atoms with Gasteiger partial charge in [-0.2, -0.15) is 5.10 Å². The molecule has 5 aromatic heterocycles. The Bertz CT molecular complexity index is 1200. The highest BCUT2D eigenvalue weighted by atomic mass is 79.9. The summed E-state index contributed by atoms with van der Waals surface area (Å²) in [6, 6.07) is 23.2. The highest BCUT2D eigenvalue weighted by Gasteiger charge is 2.17. The van der Waals surface area contributed by atoms with Crippen molar-refractivity contribution in [3.63, 3.8) is 0 Å². The van der Waals surface area contributed by atoms with E-state index in [9.17, 15) is 0 Å². The minimum Gasteiger partial charge on any atom is -0.274 e. The van der Waals surface area contributed by atoms with Crippen LogP contribution in [0.3, 0.4) is 0 Å². The summed E-state index contributed by atoms with van der Waals surface area (Å²) >= 11 is 3.68. The zero-order valence-corrected chi connectivity index (χ0v) is 17.3. The van der Waals surface area contributed by atoms with E-state index in [0.717, 1.165) is 44.3 Å². The standard InChI is InChI=1S/C23H15BrN6/c24-21-22(19-11-5-9-17(27-19)15-7-1-3-13-25-15)29-30-23(21)20-12-6-10-18(28-20)16-8-2-4-14-26-16/h1-14H,(H,29,30). The Labute approximate surface area is 181 Å². The average molecular weight is 455 g/mol. The second-order valence-electron chi connectivity index (χ2n) is 6.51. The molecular weight excluding hydrogens is 440 g/mol. The molecule has 0 fully saturated rings. The third kappa shape index (κ3) is 3.51. The van der Waals surface area contributed by atoms with E-state index >= 15 is 0 Å². The van der Waals surface area contributed by atoms with E-state index in [1.165, 1.54) is 0 Å². The predicted molar refractivity (Wildman–Crippen MR) is 119 cm³/mol. The Morgan fingerprint density at radius 1 is 0.567 bits per heavy atom. The molecule has 5 rings (SSSR count). The molecule has 0 amide bonds. The van der Waals surface area contributed by atoms with Gasteiger partial charge in [-0.3, -0.25) is 15.1 Å². The lowest BCUT2D eigenvalue weighted by atomic mass is 10.1. The van der Waals surface area contributed by atoms with Crippen molar-refractivity contribution in [3.05, 3.63) is 89.7 Å². The molecule has 144 valence electrons. The van der Waals surface area contributed by atoms with Crippen molar-refractivity contribution < 1.29 is 0 Å². The van der Waals surface area contributed by atoms with Gasteiger partial charge in [0.15, 0.2) is 0 Å². The molecule has 0 aliphatic heterocycles. The molecule has 0 bridgehead atoms. The zero-order chi connectivity index (χ0) is 20.3. The van der Waals surface area contributed by atoms with Crippen LogP contribution in [0.5, 0.6) is 0 Å². The van der Waals surface area contributed by atoms with Crippen molar-refractivity contribution in [1.29, 1.82) is 0 Å². The second-order valence-corrected chi connectivity index (χ2v) is 7.30. The van der Waals surface area contributed by atoms with E-state index in [1.807, 2.05) is 72.8 Å². The van der Waals surface area contributed by atoms with Gasteiger partial charge in [0.2, 0.25) is 0 Å². The van der Waals surface area contributed by atoms with E-state index in [-0.39, 0.29) is 0 Å². The van der Waals surface area contributed by atoms with Gasteiger partial charge in [0, 0.05) is 12.4 Å². The van der Waals surface area contributed by atoms with E-state index in [0.29, 0.717) is 5.69 Å². The summed E-state index contributed by atoms with van der Waals surface area (Å²) in [5.74, 6) is 0. The van der Waals surface area contributed by atoms with Gasteiger partial charge in [0.05, 0.1) is 44.3 Å². The Kier molecular flexibility index (Phi) is 4.86. The van der Waals surface area contributed by atoms with Crippen molar-refractivity contribution in [2.45, 2.75) is 0 Å². The summed E-state index contributed by atoms with van der Waals surface area (Å²) in [5.41, 5.74) is 6.24. The van der Waals surface area contributed by atoms with Crippen molar-refractivity contribution in [2.75, 3.05) is 0 Å². The fourth-order valence-corrected chi connectivity index (χ4v) is 3.71. The van der Waals surface area contributed by atoms with E-state index in [2.05, 4.69) is 36.1 Å². The van der Waals surface area contributed by atoms with Crippen LogP contribution in [-0.4, -0.2) is 30.1 Å². The number of nitrogens with zero attached hydrogens (tertiary/aromatic N) is 5. The van der Waals surface area contributed by atoms with Crippen molar-refractivity contribution in [1.82, 2.24) is 30.1 Å². The zero-order valence-electron chi connectivity index (χ0n) is 15.7. The molecular formula is C23H15BrN6. The third-order valence-electron chi connectivity index (χ3n) is 4.56. The monoisotopic (exact) mass is 454 g/mol. The summed E-state index contributed by atoms with van der Waals surface area (Å²) in [7, 11) is 0. The number of hydrogen-bond donors (Lipinski definition) is 1. The van der Waals surface area contributed by atoms with Crippen molar-refractivity contribution >= 4 is 15.9 Å². The van der Waals surface area contributed by atoms with Crippen molar-refractivity contribution in [2.24, 2.45) is 0 Å². The van der Waals surface area contributed by atoms with Crippen LogP contribution in [0, 0.1) is 0 Å². The Hall–Kier alpha value is -3.71. The minimum absolute atomic E-state index is 0.716. The molecule has 30 heavy (non-hydrogen) atoms. The number of halogens is 1.